The van der Waals surface area contributed by atoms with Crippen molar-refractivity contribution in [2.75, 3.05) is 33.4 Å². The molecule has 2 N–H and O–H groups in total. The van der Waals surface area contributed by atoms with Crippen LogP contribution in [0.1, 0.15) is 33.6 Å². The Morgan fingerprint density at radius 1 is 1.29 bits per heavy atom. The van der Waals surface area contributed by atoms with E-state index in [2.05, 4.69) is 32.7 Å². The molecule has 0 aliphatic carbocycles. The third-order valence-corrected chi connectivity index (χ3v) is 2.75. The van der Waals surface area contributed by atoms with Crippen molar-refractivity contribution in [1.82, 2.24) is 4.90 Å². The summed E-state index contributed by atoms with van der Waals surface area (Å²) >= 11 is 0. The minimum atomic E-state index is 0.0775. The fourth-order valence-corrected chi connectivity index (χ4v) is 1.01. The van der Waals surface area contributed by atoms with E-state index < -0.39 is 0 Å². The maximum atomic E-state index is 5.68. The zero-order valence-electron chi connectivity index (χ0n) is 10.2. The van der Waals surface area contributed by atoms with Crippen molar-refractivity contribution in [1.29, 1.82) is 0 Å². The van der Waals surface area contributed by atoms with E-state index in [-0.39, 0.29) is 5.54 Å². The first kappa shape index (κ1) is 13.9. The molecule has 0 aromatic rings. The zero-order valence-corrected chi connectivity index (χ0v) is 10.2. The van der Waals surface area contributed by atoms with Crippen LogP contribution in [-0.4, -0.2) is 43.8 Å². The molecule has 14 heavy (non-hydrogen) atoms. The second-order valence-corrected chi connectivity index (χ2v) is 4.40. The van der Waals surface area contributed by atoms with Gasteiger partial charge in [-0.05, 0) is 27.3 Å². The van der Waals surface area contributed by atoms with Gasteiger partial charge >= 0.3 is 0 Å². The second kappa shape index (κ2) is 7.21. The molecule has 0 saturated heterocycles. The van der Waals surface area contributed by atoms with Crippen molar-refractivity contribution >= 4 is 0 Å². The third-order valence-electron chi connectivity index (χ3n) is 2.75. The number of nitrogens with zero attached hydrogens (tertiary/aromatic N) is 1. The fourth-order valence-electron chi connectivity index (χ4n) is 1.01. The molecule has 0 fully saturated rings. The van der Waals surface area contributed by atoms with Gasteiger partial charge in [-0.2, -0.15) is 0 Å². The Labute approximate surface area is 88.6 Å². The summed E-state index contributed by atoms with van der Waals surface area (Å²) < 4.78 is 5.50. The van der Waals surface area contributed by atoms with Crippen LogP contribution in [0.5, 0.6) is 0 Å². The number of rotatable bonds is 8. The van der Waals surface area contributed by atoms with Crippen LogP contribution in [0.4, 0.5) is 0 Å². The van der Waals surface area contributed by atoms with E-state index in [0.29, 0.717) is 6.54 Å². The molecule has 0 bridgehead atoms. The first-order valence-corrected chi connectivity index (χ1v) is 5.53. The Morgan fingerprint density at radius 3 is 2.43 bits per heavy atom. The van der Waals surface area contributed by atoms with Crippen LogP contribution in [0, 0.1) is 0 Å². The molecule has 0 heterocycles. The molecule has 0 aromatic heterocycles. The van der Waals surface area contributed by atoms with Gasteiger partial charge in [-0.1, -0.05) is 13.3 Å². The van der Waals surface area contributed by atoms with Crippen molar-refractivity contribution in [3.8, 4) is 0 Å². The largest absolute Gasteiger partial charge is 0.380 e. The smallest absolute Gasteiger partial charge is 0.0593 e. The van der Waals surface area contributed by atoms with Gasteiger partial charge in [0.15, 0.2) is 0 Å². The summed E-state index contributed by atoms with van der Waals surface area (Å²) in [6.45, 7) is 9.80. The zero-order chi connectivity index (χ0) is 11.0. The lowest BCUT2D eigenvalue weighted by atomic mass is 10.0. The maximum Gasteiger partial charge on any atom is 0.0593 e. The van der Waals surface area contributed by atoms with Crippen molar-refractivity contribution in [3.05, 3.63) is 0 Å². The SMILES string of the molecule is CCCCOCCN(C)C(C)(C)CN. The number of unbranched alkanes of at least 4 members (excludes halogenated alkanes) is 1. The molecule has 0 spiro atoms. The summed E-state index contributed by atoms with van der Waals surface area (Å²) in [6.07, 6.45) is 2.36. The molecule has 0 saturated carbocycles. The van der Waals surface area contributed by atoms with E-state index in [0.717, 1.165) is 26.2 Å². The Hall–Kier alpha value is -0.120. The van der Waals surface area contributed by atoms with Crippen molar-refractivity contribution in [3.63, 3.8) is 0 Å². The molecular weight excluding hydrogens is 176 g/mol. The lowest BCUT2D eigenvalue weighted by Crippen LogP contribution is -2.48. The number of ether oxygens (including phenoxy) is 1. The predicted molar refractivity (Wildman–Crippen MR) is 61.5 cm³/mol. The van der Waals surface area contributed by atoms with E-state index in [9.17, 15) is 0 Å². The van der Waals surface area contributed by atoms with Gasteiger partial charge in [0, 0.05) is 25.2 Å². The quantitative estimate of drug-likeness (QED) is 0.606. The monoisotopic (exact) mass is 202 g/mol. The van der Waals surface area contributed by atoms with E-state index in [1.807, 2.05) is 0 Å². The highest BCUT2D eigenvalue weighted by molar-refractivity contribution is 4.79. The van der Waals surface area contributed by atoms with Gasteiger partial charge in [0.2, 0.25) is 0 Å². The Morgan fingerprint density at radius 2 is 1.93 bits per heavy atom. The minimum absolute atomic E-state index is 0.0775. The highest BCUT2D eigenvalue weighted by Crippen LogP contribution is 2.08. The summed E-state index contributed by atoms with van der Waals surface area (Å²) in [5.74, 6) is 0. The third kappa shape index (κ3) is 5.58. The summed E-state index contributed by atoms with van der Waals surface area (Å²) in [7, 11) is 2.09. The van der Waals surface area contributed by atoms with Crippen LogP contribution in [0.25, 0.3) is 0 Å². The predicted octanol–water partition coefficient (Wildman–Crippen LogP) is 1.47. The van der Waals surface area contributed by atoms with E-state index in [1.165, 1.54) is 6.42 Å². The summed E-state index contributed by atoms with van der Waals surface area (Å²) in [5.41, 5.74) is 5.75. The van der Waals surface area contributed by atoms with Gasteiger partial charge in [-0.25, -0.2) is 0 Å². The lowest BCUT2D eigenvalue weighted by Gasteiger charge is -2.34. The average Bonchev–Trinajstić information content (AvgIpc) is 2.17. The summed E-state index contributed by atoms with van der Waals surface area (Å²) in [6, 6.07) is 0. The normalized spacial score (nSPS) is 12.4. The lowest BCUT2D eigenvalue weighted by molar-refractivity contribution is 0.0761. The standard InChI is InChI=1S/C11H26N2O/c1-5-6-8-14-9-7-13(4)11(2,3)10-12/h5-10,12H2,1-4H3. The molecule has 0 aliphatic heterocycles. The topological polar surface area (TPSA) is 38.5 Å². The van der Waals surface area contributed by atoms with Crippen LogP contribution in [0.3, 0.4) is 0 Å². The summed E-state index contributed by atoms with van der Waals surface area (Å²) in [5, 5.41) is 0. The van der Waals surface area contributed by atoms with Gasteiger partial charge in [0.25, 0.3) is 0 Å². The number of hydrogen-bond acceptors (Lipinski definition) is 3. The highest BCUT2D eigenvalue weighted by Gasteiger charge is 2.20. The Kier molecular flexibility index (Phi) is 7.15. The van der Waals surface area contributed by atoms with Gasteiger partial charge in [-0.15, -0.1) is 0 Å². The number of hydrogen-bond donors (Lipinski definition) is 1. The maximum absolute atomic E-state index is 5.68. The molecular formula is C11H26N2O. The number of likely N-dealkylation sites (N-methyl/N-ethyl adjacent to an activating group) is 1. The highest BCUT2D eigenvalue weighted by atomic mass is 16.5. The number of nitrogens with two attached hydrogens (primary N) is 1. The molecule has 0 atom stereocenters. The van der Waals surface area contributed by atoms with Crippen LogP contribution in [0.15, 0.2) is 0 Å². The first-order valence-electron chi connectivity index (χ1n) is 5.53. The minimum Gasteiger partial charge on any atom is -0.380 e. The summed E-state index contributed by atoms with van der Waals surface area (Å²) in [4.78, 5) is 2.25. The van der Waals surface area contributed by atoms with Gasteiger partial charge in [-0.3, -0.25) is 4.90 Å². The molecule has 0 unspecified atom stereocenters. The Bertz CT molecular complexity index is 137. The molecule has 86 valence electrons. The van der Waals surface area contributed by atoms with Gasteiger partial charge in [0.05, 0.1) is 6.61 Å². The first-order chi connectivity index (χ1) is 6.54. The van der Waals surface area contributed by atoms with Crippen molar-refractivity contribution < 1.29 is 4.74 Å². The fraction of sp³-hybridized carbons (Fsp3) is 1.00. The molecule has 0 rings (SSSR count). The van der Waals surface area contributed by atoms with Crippen molar-refractivity contribution in [2.45, 2.75) is 39.2 Å². The second-order valence-electron chi connectivity index (χ2n) is 4.40. The molecule has 0 radical (unpaired) electrons. The molecule has 3 nitrogen and oxygen atoms in total. The Balaban J connectivity index is 3.48. The van der Waals surface area contributed by atoms with Crippen LogP contribution in [-0.2, 0) is 4.74 Å². The van der Waals surface area contributed by atoms with Crippen LogP contribution < -0.4 is 5.73 Å². The van der Waals surface area contributed by atoms with Crippen molar-refractivity contribution in [2.24, 2.45) is 5.73 Å². The van der Waals surface area contributed by atoms with Crippen LogP contribution in [0.2, 0.25) is 0 Å². The van der Waals surface area contributed by atoms with Gasteiger partial charge in [0.1, 0.15) is 0 Å². The molecule has 3 heteroatoms. The van der Waals surface area contributed by atoms with Crippen LogP contribution >= 0.6 is 0 Å². The van der Waals surface area contributed by atoms with E-state index in [1.54, 1.807) is 0 Å². The van der Waals surface area contributed by atoms with E-state index >= 15 is 0 Å². The average molecular weight is 202 g/mol. The molecule has 0 aromatic carbocycles. The molecule has 0 aliphatic rings. The van der Waals surface area contributed by atoms with Gasteiger partial charge < -0.3 is 10.5 Å². The van der Waals surface area contributed by atoms with E-state index in [4.69, 9.17) is 10.5 Å². The molecule has 0 amide bonds.